The van der Waals surface area contributed by atoms with Gasteiger partial charge < -0.3 is 14.7 Å². The van der Waals surface area contributed by atoms with Gasteiger partial charge in [0.05, 0.1) is 5.92 Å². The zero-order valence-corrected chi connectivity index (χ0v) is 14.2. The lowest BCUT2D eigenvalue weighted by Gasteiger charge is -2.39. The molecule has 1 aliphatic heterocycles. The summed E-state index contributed by atoms with van der Waals surface area (Å²) in [6.45, 7) is 5.49. The minimum Gasteiger partial charge on any atom is -0.480 e. The Morgan fingerprint density at radius 3 is 2.26 bits per heavy atom. The Labute approximate surface area is 136 Å². The first-order chi connectivity index (χ1) is 10.6. The molecule has 2 amide bonds. The van der Waals surface area contributed by atoms with Crippen molar-refractivity contribution in [3.05, 3.63) is 0 Å². The number of amides is 2. The number of ether oxygens (including phenoxy) is 1. The molecule has 2 fully saturated rings. The second-order valence-electron chi connectivity index (χ2n) is 7.39. The van der Waals surface area contributed by atoms with Crippen molar-refractivity contribution in [1.82, 2.24) is 9.80 Å². The van der Waals surface area contributed by atoms with Crippen LogP contribution in [0.5, 0.6) is 0 Å². The van der Waals surface area contributed by atoms with Crippen molar-refractivity contribution in [2.24, 2.45) is 5.92 Å². The summed E-state index contributed by atoms with van der Waals surface area (Å²) in [5.74, 6) is -2.05. The van der Waals surface area contributed by atoms with Crippen LogP contribution in [-0.4, -0.2) is 64.2 Å². The van der Waals surface area contributed by atoms with Crippen molar-refractivity contribution in [3.63, 3.8) is 0 Å². The Hall–Kier alpha value is -1.79. The Morgan fingerprint density at radius 1 is 1.17 bits per heavy atom. The third kappa shape index (κ3) is 4.14. The normalized spacial score (nSPS) is 25.0. The molecule has 130 valence electrons. The molecule has 0 aromatic carbocycles. The van der Waals surface area contributed by atoms with Crippen LogP contribution in [0.2, 0.25) is 0 Å². The van der Waals surface area contributed by atoms with Crippen LogP contribution in [0.4, 0.5) is 4.79 Å². The van der Waals surface area contributed by atoms with Gasteiger partial charge in [-0.2, -0.15) is 0 Å². The van der Waals surface area contributed by atoms with Crippen molar-refractivity contribution >= 4 is 18.0 Å². The van der Waals surface area contributed by atoms with Gasteiger partial charge in [-0.15, -0.1) is 0 Å². The lowest BCUT2D eigenvalue weighted by Crippen LogP contribution is -2.57. The van der Waals surface area contributed by atoms with Crippen LogP contribution < -0.4 is 0 Å². The minimum absolute atomic E-state index is 0.187. The lowest BCUT2D eigenvalue weighted by molar-refractivity contribution is -0.154. The van der Waals surface area contributed by atoms with Crippen LogP contribution in [0, 0.1) is 5.92 Å². The van der Waals surface area contributed by atoms with Gasteiger partial charge >= 0.3 is 12.1 Å². The summed E-state index contributed by atoms with van der Waals surface area (Å²) >= 11 is 0. The second kappa shape index (κ2) is 6.37. The van der Waals surface area contributed by atoms with E-state index in [-0.39, 0.29) is 11.9 Å². The van der Waals surface area contributed by atoms with E-state index in [1.807, 2.05) is 0 Å². The van der Waals surface area contributed by atoms with E-state index in [1.54, 1.807) is 32.7 Å². The molecule has 2 atom stereocenters. The van der Waals surface area contributed by atoms with Crippen LogP contribution in [0.1, 0.15) is 46.5 Å². The standard InChI is InChI=1S/C16H26N2O5/c1-16(2,3)23-15(22)18-9-5-6-11(12(18)14(20)21)13(19)17(4)10-7-8-10/h10-12H,5-9H2,1-4H3,(H,20,21)/t11-,12+/m0/s1. The molecule has 7 heteroatoms. The lowest BCUT2D eigenvalue weighted by atomic mass is 9.88. The highest BCUT2D eigenvalue weighted by atomic mass is 16.6. The van der Waals surface area contributed by atoms with E-state index in [4.69, 9.17) is 4.74 Å². The van der Waals surface area contributed by atoms with Gasteiger partial charge in [-0.25, -0.2) is 9.59 Å². The molecule has 2 rings (SSSR count). The molecule has 0 radical (unpaired) electrons. The van der Waals surface area contributed by atoms with Gasteiger partial charge in [-0.05, 0) is 46.5 Å². The minimum atomic E-state index is -1.16. The molecule has 1 heterocycles. The summed E-state index contributed by atoms with van der Waals surface area (Å²) in [5, 5.41) is 9.59. The fourth-order valence-corrected chi connectivity index (χ4v) is 2.99. The largest absolute Gasteiger partial charge is 0.480 e. The summed E-state index contributed by atoms with van der Waals surface area (Å²) in [5.41, 5.74) is -0.706. The molecule has 1 aliphatic carbocycles. The molecular formula is C16H26N2O5. The number of hydrogen-bond donors (Lipinski definition) is 1. The maximum absolute atomic E-state index is 12.6. The number of carboxylic acid groups (broad SMARTS) is 1. The van der Waals surface area contributed by atoms with Gasteiger partial charge in [0.25, 0.3) is 0 Å². The predicted molar refractivity (Wildman–Crippen MR) is 82.9 cm³/mol. The highest BCUT2D eigenvalue weighted by Gasteiger charge is 2.46. The third-order valence-corrected chi connectivity index (χ3v) is 4.27. The van der Waals surface area contributed by atoms with E-state index in [0.29, 0.717) is 19.4 Å². The maximum Gasteiger partial charge on any atom is 0.411 e. The molecule has 7 nitrogen and oxygen atoms in total. The molecule has 1 saturated carbocycles. The van der Waals surface area contributed by atoms with Crippen molar-refractivity contribution in [2.45, 2.75) is 64.1 Å². The van der Waals surface area contributed by atoms with E-state index < -0.39 is 29.6 Å². The number of rotatable bonds is 3. The Bertz CT molecular complexity index is 495. The molecule has 23 heavy (non-hydrogen) atoms. The van der Waals surface area contributed by atoms with Crippen molar-refractivity contribution in [2.75, 3.05) is 13.6 Å². The second-order valence-corrected chi connectivity index (χ2v) is 7.39. The fraction of sp³-hybridized carbons (Fsp3) is 0.812. The summed E-state index contributed by atoms with van der Waals surface area (Å²) in [7, 11) is 1.71. The van der Waals surface area contributed by atoms with Crippen molar-refractivity contribution in [3.8, 4) is 0 Å². The van der Waals surface area contributed by atoms with Gasteiger partial charge in [0.2, 0.25) is 5.91 Å². The van der Waals surface area contributed by atoms with Crippen LogP contribution in [0.25, 0.3) is 0 Å². The quantitative estimate of drug-likeness (QED) is 0.853. The van der Waals surface area contributed by atoms with Gasteiger partial charge in [-0.3, -0.25) is 9.69 Å². The number of carbonyl (C=O) groups excluding carboxylic acids is 2. The topological polar surface area (TPSA) is 87.2 Å². The van der Waals surface area contributed by atoms with Gasteiger partial charge in [0, 0.05) is 19.6 Å². The molecule has 0 aromatic heterocycles. The Kier molecular flexibility index (Phi) is 4.87. The smallest absolute Gasteiger partial charge is 0.411 e. The highest BCUT2D eigenvalue weighted by molar-refractivity contribution is 5.89. The number of piperidine rings is 1. The van der Waals surface area contributed by atoms with Crippen molar-refractivity contribution in [1.29, 1.82) is 0 Å². The highest BCUT2D eigenvalue weighted by Crippen LogP contribution is 2.32. The van der Waals surface area contributed by atoms with E-state index >= 15 is 0 Å². The van der Waals surface area contributed by atoms with Crippen molar-refractivity contribution < 1.29 is 24.2 Å². The molecule has 0 aromatic rings. The Balaban J connectivity index is 2.17. The summed E-state index contributed by atoms with van der Waals surface area (Å²) in [6.07, 6.45) is 2.33. The summed E-state index contributed by atoms with van der Waals surface area (Å²) < 4.78 is 5.30. The average Bonchev–Trinajstić information content (AvgIpc) is 3.27. The fourth-order valence-electron chi connectivity index (χ4n) is 2.99. The number of nitrogens with zero attached hydrogens (tertiary/aromatic N) is 2. The van der Waals surface area contributed by atoms with E-state index in [1.165, 1.54) is 4.90 Å². The third-order valence-electron chi connectivity index (χ3n) is 4.27. The van der Waals surface area contributed by atoms with Crippen LogP contribution in [-0.2, 0) is 14.3 Å². The molecule has 1 N–H and O–H groups in total. The van der Waals surface area contributed by atoms with E-state index in [9.17, 15) is 19.5 Å². The number of likely N-dealkylation sites (tertiary alicyclic amines) is 1. The molecule has 0 unspecified atom stereocenters. The molecule has 1 saturated heterocycles. The maximum atomic E-state index is 12.6. The zero-order chi connectivity index (χ0) is 17.4. The molecular weight excluding hydrogens is 300 g/mol. The van der Waals surface area contributed by atoms with Crippen LogP contribution in [0.3, 0.4) is 0 Å². The van der Waals surface area contributed by atoms with E-state index in [0.717, 1.165) is 12.8 Å². The summed E-state index contributed by atoms with van der Waals surface area (Å²) in [4.78, 5) is 39.5. The first kappa shape index (κ1) is 17.6. The average molecular weight is 326 g/mol. The number of aliphatic carboxylic acids is 1. The van der Waals surface area contributed by atoms with E-state index in [2.05, 4.69) is 0 Å². The Morgan fingerprint density at radius 2 is 1.78 bits per heavy atom. The van der Waals surface area contributed by atoms with Crippen LogP contribution in [0.15, 0.2) is 0 Å². The van der Waals surface area contributed by atoms with Gasteiger partial charge in [0.15, 0.2) is 0 Å². The number of hydrogen-bond acceptors (Lipinski definition) is 4. The van der Waals surface area contributed by atoms with Gasteiger partial charge in [-0.1, -0.05) is 0 Å². The predicted octanol–water partition coefficient (Wildman–Crippen LogP) is 1.71. The monoisotopic (exact) mass is 326 g/mol. The molecule has 2 aliphatic rings. The first-order valence-corrected chi connectivity index (χ1v) is 8.11. The first-order valence-electron chi connectivity index (χ1n) is 8.11. The molecule has 0 bridgehead atoms. The van der Waals surface area contributed by atoms with Gasteiger partial charge in [0.1, 0.15) is 11.6 Å². The van der Waals surface area contributed by atoms with Crippen LogP contribution >= 0.6 is 0 Å². The number of carboxylic acids is 1. The zero-order valence-electron chi connectivity index (χ0n) is 14.2. The number of carbonyl (C=O) groups is 3. The molecule has 0 spiro atoms. The summed E-state index contributed by atoms with van der Waals surface area (Å²) in [6, 6.07) is -0.943. The SMILES string of the molecule is CN(C(=O)[C@H]1CCCN(C(=O)OC(C)(C)C)[C@H]1C(=O)O)C1CC1.